The highest BCUT2D eigenvalue weighted by molar-refractivity contribution is 6.39. The molecule has 1 aliphatic heterocycles. The summed E-state index contributed by atoms with van der Waals surface area (Å²) in [6, 6.07) is 4.92. The molecule has 0 aliphatic carbocycles. The third kappa shape index (κ3) is 6.09. The fourth-order valence-corrected chi connectivity index (χ4v) is 3.40. The number of amides is 2. The Morgan fingerprint density at radius 1 is 1.22 bits per heavy atom. The zero-order chi connectivity index (χ0) is 20.0. The number of piperidine rings is 1. The average molecular weight is 416 g/mol. The van der Waals surface area contributed by atoms with Crippen LogP contribution in [0.3, 0.4) is 0 Å². The van der Waals surface area contributed by atoms with Crippen LogP contribution in [-0.2, 0) is 19.1 Å². The number of hydrogen-bond acceptors (Lipinski definition) is 5. The maximum Gasteiger partial charge on any atom is 0.308 e. The van der Waals surface area contributed by atoms with Crippen molar-refractivity contribution < 1.29 is 19.1 Å². The van der Waals surface area contributed by atoms with Crippen LogP contribution in [0, 0.1) is 5.92 Å². The van der Waals surface area contributed by atoms with E-state index in [1.807, 2.05) is 4.90 Å². The van der Waals surface area contributed by atoms with Crippen molar-refractivity contribution in [3.63, 3.8) is 0 Å². The molecule has 0 saturated carbocycles. The highest BCUT2D eigenvalue weighted by Crippen LogP contribution is 2.29. The van der Waals surface area contributed by atoms with Crippen LogP contribution in [-0.4, -0.2) is 67.9 Å². The number of hydrogen-bond donors (Lipinski definition) is 1. The fraction of sp³-hybridized carbons (Fsp3) is 0.500. The Balaban J connectivity index is 1.80. The van der Waals surface area contributed by atoms with Crippen LogP contribution in [0.4, 0.5) is 5.69 Å². The first-order chi connectivity index (χ1) is 12.8. The van der Waals surface area contributed by atoms with Gasteiger partial charge in [0.25, 0.3) is 0 Å². The number of carbonyl (C=O) groups excluding carboxylic acids is 3. The molecule has 1 N–H and O–H groups in total. The summed E-state index contributed by atoms with van der Waals surface area (Å²) >= 11 is 12.1. The number of halogens is 2. The predicted molar refractivity (Wildman–Crippen MR) is 104 cm³/mol. The standard InChI is InChI=1S/C18H23Cl2N3O4/c1-22(10-15(24)21-17-13(19)4-3-5-14(17)20)16(25)11-23-8-6-12(7-9-23)18(26)27-2/h3-5,12H,6-11H2,1-2H3,(H,21,24). The molecular weight excluding hydrogens is 393 g/mol. The molecule has 148 valence electrons. The Morgan fingerprint density at radius 2 is 1.81 bits per heavy atom. The zero-order valence-corrected chi connectivity index (χ0v) is 16.8. The van der Waals surface area contributed by atoms with Gasteiger partial charge in [0.05, 0.1) is 41.8 Å². The average Bonchev–Trinajstić information content (AvgIpc) is 2.64. The van der Waals surface area contributed by atoms with Gasteiger partial charge in [0.15, 0.2) is 0 Å². The van der Waals surface area contributed by atoms with Crippen molar-refractivity contribution in [3.8, 4) is 0 Å². The summed E-state index contributed by atoms with van der Waals surface area (Å²) in [6.45, 7) is 1.37. The van der Waals surface area contributed by atoms with Crippen molar-refractivity contribution in [3.05, 3.63) is 28.2 Å². The number of carbonyl (C=O) groups is 3. The summed E-state index contributed by atoms with van der Waals surface area (Å²) in [4.78, 5) is 39.4. The molecule has 1 aromatic carbocycles. The maximum absolute atomic E-state index is 12.4. The normalized spacial score (nSPS) is 15.3. The van der Waals surface area contributed by atoms with Crippen molar-refractivity contribution in [1.29, 1.82) is 0 Å². The van der Waals surface area contributed by atoms with Gasteiger partial charge in [-0.25, -0.2) is 0 Å². The lowest BCUT2D eigenvalue weighted by Crippen LogP contribution is -2.45. The van der Waals surface area contributed by atoms with Crippen molar-refractivity contribution in [2.24, 2.45) is 5.92 Å². The topological polar surface area (TPSA) is 79.0 Å². The third-order valence-corrected chi connectivity index (χ3v) is 5.14. The number of nitrogens with zero attached hydrogens (tertiary/aromatic N) is 2. The van der Waals surface area contributed by atoms with Crippen LogP contribution < -0.4 is 5.32 Å². The Hall–Kier alpha value is -1.83. The molecule has 1 heterocycles. The van der Waals surface area contributed by atoms with Gasteiger partial charge in [-0.2, -0.15) is 0 Å². The number of para-hydroxylation sites is 1. The van der Waals surface area contributed by atoms with E-state index in [1.54, 1.807) is 25.2 Å². The number of ether oxygens (including phenoxy) is 1. The van der Waals surface area contributed by atoms with Crippen molar-refractivity contribution in [2.45, 2.75) is 12.8 Å². The summed E-state index contributed by atoms with van der Waals surface area (Å²) in [5.74, 6) is -0.865. The summed E-state index contributed by atoms with van der Waals surface area (Å²) in [6.07, 6.45) is 1.32. The molecule has 0 spiro atoms. The molecule has 0 atom stereocenters. The molecule has 1 saturated heterocycles. The number of likely N-dealkylation sites (N-methyl/N-ethyl adjacent to an activating group) is 1. The Bertz CT molecular complexity index is 686. The molecular formula is C18H23Cl2N3O4. The quantitative estimate of drug-likeness (QED) is 0.720. The lowest BCUT2D eigenvalue weighted by atomic mass is 9.97. The highest BCUT2D eigenvalue weighted by atomic mass is 35.5. The van der Waals surface area contributed by atoms with E-state index < -0.39 is 0 Å². The van der Waals surface area contributed by atoms with Crippen LogP contribution in [0.5, 0.6) is 0 Å². The van der Waals surface area contributed by atoms with E-state index in [-0.39, 0.29) is 36.8 Å². The van der Waals surface area contributed by atoms with Gasteiger partial charge in [-0.1, -0.05) is 29.3 Å². The lowest BCUT2D eigenvalue weighted by Gasteiger charge is -2.31. The first-order valence-corrected chi connectivity index (χ1v) is 9.35. The molecule has 1 aromatic rings. The molecule has 0 aromatic heterocycles. The fourth-order valence-electron chi connectivity index (χ4n) is 2.91. The first kappa shape index (κ1) is 21.5. The summed E-state index contributed by atoms with van der Waals surface area (Å²) in [7, 11) is 2.95. The van der Waals surface area contributed by atoms with Gasteiger partial charge in [0, 0.05) is 7.05 Å². The highest BCUT2D eigenvalue weighted by Gasteiger charge is 2.27. The molecule has 2 rings (SSSR count). The molecule has 0 radical (unpaired) electrons. The van der Waals surface area contributed by atoms with Gasteiger partial charge >= 0.3 is 5.97 Å². The number of likely N-dealkylation sites (tertiary alicyclic amines) is 1. The zero-order valence-electron chi connectivity index (χ0n) is 15.3. The number of nitrogens with one attached hydrogen (secondary N) is 1. The third-order valence-electron chi connectivity index (χ3n) is 4.51. The van der Waals surface area contributed by atoms with Crippen molar-refractivity contribution in [1.82, 2.24) is 9.80 Å². The Labute approximate surface area is 168 Å². The van der Waals surface area contributed by atoms with Gasteiger partial charge in [0.2, 0.25) is 11.8 Å². The van der Waals surface area contributed by atoms with Gasteiger partial charge in [-0.3, -0.25) is 19.3 Å². The van der Waals surface area contributed by atoms with Gasteiger partial charge in [0.1, 0.15) is 0 Å². The second-order valence-corrected chi connectivity index (χ2v) is 7.28. The van der Waals surface area contributed by atoms with Crippen LogP contribution in [0.2, 0.25) is 10.0 Å². The molecule has 0 bridgehead atoms. The summed E-state index contributed by atoms with van der Waals surface area (Å²) in [5, 5.41) is 3.29. The molecule has 1 fully saturated rings. The Morgan fingerprint density at radius 3 is 2.37 bits per heavy atom. The molecule has 7 nitrogen and oxygen atoms in total. The van der Waals surface area contributed by atoms with E-state index in [1.165, 1.54) is 12.0 Å². The molecule has 0 unspecified atom stereocenters. The summed E-state index contributed by atoms with van der Waals surface area (Å²) < 4.78 is 4.76. The molecule has 9 heteroatoms. The van der Waals surface area contributed by atoms with Crippen LogP contribution in [0.25, 0.3) is 0 Å². The van der Waals surface area contributed by atoms with E-state index in [2.05, 4.69) is 5.32 Å². The van der Waals surface area contributed by atoms with E-state index in [4.69, 9.17) is 27.9 Å². The van der Waals surface area contributed by atoms with Gasteiger partial charge < -0.3 is 15.0 Å². The smallest absolute Gasteiger partial charge is 0.308 e. The molecule has 1 aliphatic rings. The van der Waals surface area contributed by atoms with Gasteiger partial charge in [-0.15, -0.1) is 0 Å². The second kappa shape index (κ2) is 9.92. The van der Waals surface area contributed by atoms with E-state index in [0.29, 0.717) is 41.7 Å². The first-order valence-electron chi connectivity index (χ1n) is 8.59. The second-order valence-electron chi connectivity index (χ2n) is 6.47. The van der Waals surface area contributed by atoms with E-state index in [9.17, 15) is 14.4 Å². The minimum absolute atomic E-state index is 0.106. The number of methoxy groups -OCH3 is 1. The van der Waals surface area contributed by atoms with E-state index in [0.717, 1.165) is 0 Å². The van der Waals surface area contributed by atoms with Crippen molar-refractivity contribution >= 4 is 46.7 Å². The Kier molecular flexibility index (Phi) is 7.89. The SMILES string of the molecule is COC(=O)C1CCN(CC(=O)N(C)CC(=O)Nc2c(Cl)cccc2Cl)CC1. The minimum atomic E-state index is -0.384. The van der Waals surface area contributed by atoms with Gasteiger partial charge in [-0.05, 0) is 38.1 Å². The minimum Gasteiger partial charge on any atom is -0.469 e. The maximum atomic E-state index is 12.4. The number of rotatable bonds is 6. The largest absolute Gasteiger partial charge is 0.469 e. The lowest BCUT2D eigenvalue weighted by molar-refractivity contribution is -0.147. The van der Waals surface area contributed by atoms with Crippen LogP contribution in [0.15, 0.2) is 18.2 Å². The van der Waals surface area contributed by atoms with Crippen LogP contribution >= 0.6 is 23.2 Å². The van der Waals surface area contributed by atoms with Crippen LogP contribution in [0.1, 0.15) is 12.8 Å². The summed E-state index contributed by atoms with van der Waals surface area (Å²) in [5.41, 5.74) is 0.330. The molecule has 2 amide bonds. The number of anilines is 1. The van der Waals surface area contributed by atoms with Crippen molar-refractivity contribution in [2.75, 3.05) is 45.7 Å². The monoisotopic (exact) mass is 415 g/mol. The number of esters is 1. The number of benzene rings is 1. The molecule has 27 heavy (non-hydrogen) atoms. The predicted octanol–water partition coefficient (Wildman–Crippen LogP) is 2.28. The van der Waals surface area contributed by atoms with E-state index >= 15 is 0 Å².